The number of amides is 1. The predicted octanol–water partition coefficient (Wildman–Crippen LogP) is 2.66. The number of guanidine groups is 1. The van der Waals surface area contributed by atoms with Gasteiger partial charge >= 0.3 is 0 Å². The van der Waals surface area contributed by atoms with Crippen LogP contribution in [-0.2, 0) is 15.1 Å². The first-order valence-electron chi connectivity index (χ1n) is 8.93. The zero-order valence-electron chi connectivity index (χ0n) is 15.6. The highest BCUT2D eigenvalue weighted by molar-refractivity contribution is 6.00. The summed E-state index contributed by atoms with van der Waals surface area (Å²) in [7, 11) is 1.41. The van der Waals surface area contributed by atoms with Gasteiger partial charge < -0.3 is 14.8 Å². The lowest BCUT2D eigenvalue weighted by Crippen LogP contribution is -2.68. The molecule has 2 fully saturated rings. The fourth-order valence-corrected chi connectivity index (χ4v) is 3.75. The zero-order valence-corrected chi connectivity index (χ0v) is 15.6. The SMILES string of the molecule is CN1C(=N)NC2(c3cc(Oc4cc(F)cnc4F)c(F)cc3F)COCCC2C1=O. The number of aromatic nitrogens is 1. The lowest BCUT2D eigenvalue weighted by Gasteiger charge is -2.49. The number of carbonyl (C=O) groups excluding carboxylic acids is 1. The molecule has 3 heterocycles. The molecule has 0 spiro atoms. The monoisotopic (exact) mass is 424 g/mol. The van der Waals surface area contributed by atoms with Crippen LogP contribution in [0.3, 0.4) is 0 Å². The van der Waals surface area contributed by atoms with Gasteiger partial charge in [0.15, 0.2) is 23.3 Å². The minimum atomic E-state index is -1.49. The van der Waals surface area contributed by atoms with Gasteiger partial charge in [-0.3, -0.25) is 15.1 Å². The van der Waals surface area contributed by atoms with Crippen molar-refractivity contribution >= 4 is 11.9 Å². The number of nitrogens with zero attached hydrogens (tertiary/aromatic N) is 2. The Morgan fingerprint density at radius 1 is 1.23 bits per heavy atom. The minimum absolute atomic E-state index is 0.169. The maximum absolute atomic E-state index is 14.9. The van der Waals surface area contributed by atoms with Gasteiger partial charge in [-0.15, -0.1) is 0 Å². The van der Waals surface area contributed by atoms with Crippen LogP contribution in [0.1, 0.15) is 12.0 Å². The largest absolute Gasteiger partial charge is 0.449 e. The van der Waals surface area contributed by atoms with Gasteiger partial charge in [-0.2, -0.15) is 4.39 Å². The second-order valence-electron chi connectivity index (χ2n) is 7.04. The van der Waals surface area contributed by atoms with Crippen LogP contribution in [0, 0.1) is 34.7 Å². The van der Waals surface area contributed by atoms with E-state index in [4.69, 9.17) is 14.9 Å². The number of carbonyl (C=O) groups is 1. The lowest BCUT2D eigenvalue weighted by atomic mass is 9.73. The van der Waals surface area contributed by atoms with Crippen molar-refractivity contribution in [3.8, 4) is 11.5 Å². The molecule has 4 rings (SSSR count). The van der Waals surface area contributed by atoms with Gasteiger partial charge in [0, 0.05) is 31.4 Å². The number of hydrogen-bond donors (Lipinski definition) is 2. The average Bonchev–Trinajstić information content (AvgIpc) is 2.71. The molecule has 0 saturated carbocycles. The quantitative estimate of drug-likeness (QED) is 0.585. The molecule has 2 aromatic rings. The molecule has 2 N–H and O–H groups in total. The Kier molecular flexibility index (Phi) is 4.85. The van der Waals surface area contributed by atoms with E-state index < -0.39 is 52.3 Å². The molecule has 2 aliphatic heterocycles. The van der Waals surface area contributed by atoms with Gasteiger partial charge in [-0.1, -0.05) is 0 Å². The molecule has 0 radical (unpaired) electrons. The Morgan fingerprint density at radius 3 is 2.77 bits per heavy atom. The zero-order chi connectivity index (χ0) is 21.6. The highest BCUT2D eigenvalue weighted by Gasteiger charge is 2.53. The summed E-state index contributed by atoms with van der Waals surface area (Å²) in [5.74, 6) is -7.08. The Labute approximate surface area is 168 Å². The van der Waals surface area contributed by atoms with Crippen molar-refractivity contribution < 1.29 is 31.8 Å². The topological polar surface area (TPSA) is 87.5 Å². The third-order valence-corrected chi connectivity index (χ3v) is 5.28. The maximum Gasteiger partial charge on any atom is 0.256 e. The van der Waals surface area contributed by atoms with Crippen molar-refractivity contribution in [1.29, 1.82) is 5.41 Å². The summed E-state index contributed by atoms with van der Waals surface area (Å²) in [4.78, 5) is 17.0. The van der Waals surface area contributed by atoms with Crippen LogP contribution in [0.25, 0.3) is 0 Å². The van der Waals surface area contributed by atoms with Crippen molar-refractivity contribution in [3.63, 3.8) is 0 Å². The molecule has 1 aromatic carbocycles. The number of pyridine rings is 1. The number of halogens is 4. The van der Waals surface area contributed by atoms with Gasteiger partial charge in [0.1, 0.15) is 17.2 Å². The van der Waals surface area contributed by atoms with E-state index in [-0.39, 0.29) is 31.2 Å². The van der Waals surface area contributed by atoms with Crippen LogP contribution in [0.5, 0.6) is 11.5 Å². The van der Waals surface area contributed by atoms with Crippen LogP contribution in [0.15, 0.2) is 24.4 Å². The van der Waals surface area contributed by atoms with E-state index in [1.54, 1.807) is 0 Å². The molecule has 0 bridgehead atoms. The number of rotatable bonds is 3. The van der Waals surface area contributed by atoms with E-state index in [0.29, 0.717) is 18.3 Å². The third kappa shape index (κ3) is 3.15. The molecular formula is C19H16F4N4O3. The van der Waals surface area contributed by atoms with Crippen LogP contribution >= 0.6 is 0 Å². The molecule has 2 saturated heterocycles. The van der Waals surface area contributed by atoms with Gasteiger partial charge in [0.25, 0.3) is 5.95 Å². The van der Waals surface area contributed by atoms with Gasteiger partial charge in [0.05, 0.1) is 18.7 Å². The molecule has 1 aromatic heterocycles. The standard InChI is InChI=1S/C19H16F4N4O3/c1-27-17(28)10-2-3-29-8-19(10,26-18(27)24)11-5-14(13(22)6-12(11)21)30-15-4-9(20)7-25-16(15)23/h4-7,10H,2-3,8H2,1H3,(H2,24,26). The minimum Gasteiger partial charge on any atom is -0.449 e. The molecule has 158 valence electrons. The van der Waals surface area contributed by atoms with Crippen molar-refractivity contribution in [3.05, 3.63) is 53.4 Å². The van der Waals surface area contributed by atoms with Crippen molar-refractivity contribution in [2.75, 3.05) is 20.3 Å². The number of hydrogen-bond acceptors (Lipinski definition) is 5. The summed E-state index contributed by atoms with van der Waals surface area (Å²) < 4.78 is 67.0. The van der Waals surface area contributed by atoms with Crippen LogP contribution in [0.4, 0.5) is 17.6 Å². The molecule has 2 atom stereocenters. The molecule has 30 heavy (non-hydrogen) atoms. The van der Waals surface area contributed by atoms with E-state index in [2.05, 4.69) is 10.3 Å². The van der Waals surface area contributed by atoms with Crippen molar-refractivity contribution in [2.45, 2.75) is 12.0 Å². The highest BCUT2D eigenvalue weighted by Crippen LogP contribution is 2.42. The number of fused-ring (bicyclic) bond motifs is 1. The first-order valence-corrected chi connectivity index (χ1v) is 8.93. The summed E-state index contributed by atoms with van der Waals surface area (Å²) in [6.45, 7) is 0.0743. The summed E-state index contributed by atoms with van der Waals surface area (Å²) in [5.41, 5.74) is -1.69. The van der Waals surface area contributed by atoms with Gasteiger partial charge in [-0.25, -0.2) is 18.2 Å². The van der Waals surface area contributed by atoms with Gasteiger partial charge in [-0.05, 0) is 12.5 Å². The fraction of sp³-hybridized carbons (Fsp3) is 0.316. The fourth-order valence-electron chi connectivity index (χ4n) is 3.75. The Hall–Kier alpha value is -3.21. The molecule has 1 amide bonds. The van der Waals surface area contributed by atoms with Gasteiger partial charge in [0.2, 0.25) is 5.91 Å². The highest BCUT2D eigenvalue weighted by atomic mass is 19.1. The molecule has 11 heteroatoms. The normalized spacial score (nSPS) is 23.8. The summed E-state index contributed by atoms with van der Waals surface area (Å²) in [5, 5.41) is 10.8. The van der Waals surface area contributed by atoms with E-state index in [9.17, 15) is 22.4 Å². The van der Waals surface area contributed by atoms with E-state index in [1.165, 1.54) is 7.05 Å². The Balaban J connectivity index is 1.82. The second-order valence-corrected chi connectivity index (χ2v) is 7.04. The number of ether oxygens (including phenoxy) is 2. The van der Waals surface area contributed by atoms with Crippen LogP contribution < -0.4 is 10.1 Å². The summed E-state index contributed by atoms with van der Waals surface area (Å²) in [6.07, 6.45) is 0.857. The van der Waals surface area contributed by atoms with Crippen LogP contribution in [-0.4, -0.2) is 42.0 Å². The first-order chi connectivity index (χ1) is 14.2. The predicted molar refractivity (Wildman–Crippen MR) is 94.8 cm³/mol. The smallest absolute Gasteiger partial charge is 0.256 e. The average molecular weight is 424 g/mol. The third-order valence-electron chi connectivity index (χ3n) is 5.28. The van der Waals surface area contributed by atoms with Crippen molar-refractivity contribution in [1.82, 2.24) is 15.2 Å². The Morgan fingerprint density at radius 2 is 2.00 bits per heavy atom. The van der Waals surface area contributed by atoms with E-state index >= 15 is 0 Å². The molecule has 2 aliphatic rings. The van der Waals surface area contributed by atoms with E-state index in [1.807, 2.05) is 0 Å². The second kappa shape index (κ2) is 7.24. The Bertz CT molecular complexity index is 1050. The molecule has 2 unspecified atom stereocenters. The maximum atomic E-state index is 14.9. The summed E-state index contributed by atoms with van der Waals surface area (Å²) >= 11 is 0. The van der Waals surface area contributed by atoms with Crippen LogP contribution in [0.2, 0.25) is 0 Å². The number of nitrogens with one attached hydrogen (secondary N) is 2. The molecule has 0 aliphatic carbocycles. The number of benzene rings is 1. The van der Waals surface area contributed by atoms with Crippen molar-refractivity contribution in [2.24, 2.45) is 5.92 Å². The van der Waals surface area contributed by atoms with E-state index in [0.717, 1.165) is 11.0 Å². The lowest BCUT2D eigenvalue weighted by molar-refractivity contribution is -0.143. The first kappa shape index (κ1) is 20.1. The summed E-state index contributed by atoms with van der Waals surface area (Å²) in [6, 6.07) is 2.14. The molecule has 7 nitrogen and oxygen atoms in total. The molecular weight excluding hydrogens is 408 g/mol.